The molecule has 0 spiro atoms. The monoisotopic (exact) mass is 300 g/mol. The lowest BCUT2D eigenvalue weighted by Gasteiger charge is -2.33. The summed E-state index contributed by atoms with van der Waals surface area (Å²) in [6.07, 6.45) is 3.69. The van der Waals surface area contributed by atoms with Gasteiger partial charge in [-0.3, -0.25) is 4.90 Å². The Morgan fingerprint density at radius 2 is 2.18 bits per heavy atom. The van der Waals surface area contributed by atoms with Crippen LogP contribution in [0.4, 0.5) is 0 Å². The molecule has 1 aliphatic rings. The second kappa shape index (κ2) is 6.57. The summed E-state index contributed by atoms with van der Waals surface area (Å²) in [4.78, 5) is 2.54. The van der Waals surface area contributed by atoms with Crippen LogP contribution in [0.2, 0.25) is 0 Å². The molecule has 0 aromatic carbocycles. The van der Waals surface area contributed by atoms with E-state index in [0.717, 1.165) is 36.6 Å². The zero-order chi connectivity index (χ0) is 12.1. The lowest BCUT2D eigenvalue weighted by Crippen LogP contribution is -2.45. The Hall–Kier alpha value is -0.320. The number of rotatable bonds is 5. The molecule has 96 valence electrons. The van der Waals surface area contributed by atoms with Crippen LogP contribution >= 0.6 is 15.9 Å². The zero-order valence-corrected chi connectivity index (χ0v) is 12.0. The summed E-state index contributed by atoms with van der Waals surface area (Å²) in [5.41, 5.74) is 0. The summed E-state index contributed by atoms with van der Waals surface area (Å²) < 4.78 is 6.59. The Kier molecular flexibility index (Phi) is 5.07. The maximum Gasteiger partial charge on any atom is 0.169 e. The van der Waals surface area contributed by atoms with E-state index in [9.17, 15) is 0 Å². The van der Waals surface area contributed by atoms with Gasteiger partial charge in [0, 0.05) is 26.2 Å². The second-order valence-corrected chi connectivity index (χ2v) is 5.37. The third-order valence-electron chi connectivity index (χ3n) is 3.35. The predicted molar refractivity (Wildman–Crippen MR) is 73.1 cm³/mol. The van der Waals surface area contributed by atoms with E-state index in [-0.39, 0.29) is 0 Å². The summed E-state index contributed by atoms with van der Waals surface area (Å²) >= 11 is 3.40. The second-order valence-electron chi connectivity index (χ2n) is 4.59. The van der Waals surface area contributed by atoms with Gasteiger partial charge >= 0.3 is 0 Å². The van der Waals surface area contributed by atoms with Crippen LogP contribution in [0.25, 0.3) is 0 Å². The molecule has 0 aliphatic carbocycles. The Balaban J connectivity index is 2.06. The zero-order valence-electron chi connectivity index (χ0n) is 10.4. The van der Waals surface area contributed by atoms with Crippen molar-refractivity contribution in [1.82, 2.24) is 10.2 Å². The van der Waals surface area contributed by atoms with Gasteiger partial charge in [-0.05, 0) is 34.5 Å². The first-order valence-electron chi connectivity index (χ1n) is 6.51. The molecule has 0 saturated carbocycles. The van der Waals surface area contributed by atoms with Gasteiger partial charge in [0.2, 0.25) is 0 Å². The molecule has 1 N–H and O–H groups in total. The molecule has 1 fully saturated rings. The van der Waals surface area contributed by atoms with Crippen LogP contribution < -0.4 is 5.32 Å². The molecule has 0 radical (unpaired) electrons. The fraction of sp³-hybridized carbons (Fsp3) is 0.692. The van der Waals surface area contributed by atoms with E-state index in [2.05, 4.69) is 39.1 Å². The number of halogens is 1. The van der Waals surface area contributed by atoms with Gasteiger partial charge in [-0.15, -0.1) is 0 Å². The molecule has 1 aromatic rings. The van der Waals surface area contributed by atoms with E-state index in [1.165, 1.54) is 19.3 Å². The van der Waals surface area contributed by atoms with Crippen molar-refractivity contribution < 1.29 is 4.42 Å². The number of furan rings is 1. The molecule has 1 atom stereocenters. The fourth-order valence-corrected chi connectivity index (χ4v) is 2.72. The molecule has 2 rings (SSSR count). The Bertz CT molecular complexity index is 334. The van der Waals surface area contributed by atoms with Crippen molar-refractivity contribution in [2.75, 3.05) is 26.2 Å². The Morgan fingerprint density at radius 1 is 1.41 bits per heavy atom. The molecule has 4 heteroatoms. The maximum absolute atomic E-state index is 5.75. The van der Waals surface area contributed by atoms with Gasteiger partial charge in [0.05, 0.1) is 6.04 Å². The molecule has 3 nitrogen and oxygen atoms in total. The minimum absolute atomic E-state index is 0.448. The summed E-state index contributed by atoms with van der Waals surface area (Å²) in [6, 6.07) is 4.55. The first-order chi connectivity index (χ1) is 8.31. The van der Waals surface area contributed by atoms with Crippen molar-refractivity contribution >= 4 is 15.9 Å². The lowest BCUT2D eigenvalue weighted by atomic mass is 10.0. The van der Waals surface area contributed by atoms with E-state index in [0.29, 0.717) is 6.04 Å². The average molecular weight is 301 g/mol. The van der Waals surface area contributed by atoms with E-state index >= 15 is 0 Å². The van der Waals surface area contributed by atoms with Crippen molar-refractivity contribution in [2.45, 2.75) is 32.2 Å². The average Bonchev–Trinajstić information content (AvgIpc) is 2.78. The van der Waals surface area contributed by atoms with Crippen LogP contribution in [0.15, 0.2) is 21.2 Å². The van der Waals surface area contributed by atoms with Gasteiger partial charge in [0.25, 0.3) is 0 Å². The third kappa shape index (κ3) is 3.57. The van der Waals surface area contributed by atoms with Gasteiger partial charge in [-0.25, -0.2) is 0 Å². The predicted octanol–water partition coefficient (Wildman–Crippen LogP) is 3.18. The third-order valence-corrected chi connectivity index (χ3v) is 3.77. The van der Waals surface area contributed by atoms with E-state index in [1.807, 2.05) is 6.07 Å². The van der Waals surface area contributed by atoms with E-state index in [1.54, 1.807) is 0 Å². The van der Waals surface area contributed by atoms with Crippen LogP contribution in [0.5, 0.6) is 0 Å². The number of unbranched alkanes of at least 4 members (excludes halogenated alkanes) is 1. The maximum atomic E-state index is 5.75. The van der Waals surface area contributed by atoms with E-state index in [4.69, 9.17) is 4.42 Å². The van der Waals surface area contributed by atoms with Crippen LogP contribution in [0, 0.1) is 0 Å². The summed E-state index contributed by atoms with van der Waals surface area (Å²) in [5.74, 6) is 1.10. The van der Waals surface area contributed by atoms with Gasteiger partial charge in [0.1, 0.15) is 5.76 Å². The highest BCUT2D eigenvalue weighted by Gasteiger charge is 2.24. The molecule has 1 aromatic heterocycles. The Labute approximate surface area is 112 Å². The highest BCUT2D eigenvalue weighted by atomic mass is 79.9. The van der Waals surface area contributed by atoms with Gasteiger partial charge < -0.3 is 9.73 Å². The number of hydrogen-bond acceptors (Lipinski definition) is 3. The highest BCUT2D eigenvalue weighted by Crippen LogP contribution is 2.29. The number of nitrogens with zero attached hydrogens (tertiary/aromatic N) is 1. The molecule has 0 unspecified atom stereocenters. The van der Waals surface area contributed by atoms with Gasteiger partial charge in [0.15, 0.2) is 4.67 Å². The topological polar surface area (TPSA) is 28.4 Å². The SMILES string of the molecule is CCCC[C@@H](c1ccc(Br)o1)N1CCNCC1. The number of piperazine rings is 1. The molecule has 17 heavy (non-hydrogen) atoms. The van der Waals surface area contributed by atoms with Crippen molar-refractivity contribution in [3.8, 4) is 0 Å². The summed E-state index contributed by atoms with van der Waals surface area (Å²) in [5, 5.41) is 3.40. The number of hydrogen-bond donors (Lipinski definition) is 1. The largest absolute Gasteiger partial charge is 0.453 e. The first-order valence-corrected chi connectivity index (χ1v) is 7.30. The minimum atomic E-state index is 0.448. The molecular formula is C13H21BrN2O. The number of nitrogens with one attached hydrogen (secondary N) is 1. The normalized spacial score (nSPS) is 19.4. The smallest absolute Gasteiger partial charge is 0.169 e. The summed E-state index contributed by atoms with van der Waals surface area (Å²) in [7, 11) is 0. The molecule has 0 bridgehead atoms. The van der Waals surface area contributed by atoms with Crippen LogP contribution in [0.3, 0.4) is 0 Å². The minimum Gasteiger partial charge on any atom is -0.453 e. The van der Waals surface area contributed by atoms with Crippen molar-refractivity contribution in [3.05, 3.63) is 22.6 Å². The molecule has 2 heterocycles. The van der Waals surface area contributed by atoms with Gasteiger partial charge in [-0.2, -0.15) is 0 Å². The molecular weight excluding hydrogens is 280 g/mol. The van der Waals surface area contributed by atoms with Crippen LogP contribution in [-0.2, 0) is 0 Å². The van der Waals surface area contributed by atoms with E-state index < -0.39 is 0 Å². The van der Waals surface area contributed by atoms with Crippen molar-refractivity contribution in [2.24, 2.45) is 0 Å². The lowest BCUT2D eigenvalue weighted by molar-refractivity contribution is 0.143. The quantitative estimate of drug-likeness (QED) is 0.905. The first kappa shape index (κ1) is 13.1. The molecule has 0 amide bonds. The van der Waals surface area contributed by atoms with Gasteiger partial charge in [-0.1, -0.05) is 19.8 Å². The standard InChI is InChI=1S/C13H21BrN2O/c1-2-3-4-11(12-5-6-13(14)17-12)16-9-7-15-8-10-16/h5-6,11,15H,2-4,7-10H2,1H3/t11-/m0/s1. The fourth-order valence-electron chi connectivity index (χ4n) is 2.40. The Morgan fingerprint density at radius 3 is 2.76 bits per heavy atom. The molecule has 1 aliphatic heterocycles. The highest BCUT2D eigenvalue weighted by molar-refractivity contribution is 9.10. The van der Waals surface area contributed by atoms with Crippen molar-refractivity contribution in [3.63, 3.8) is 0 Å². The van der Waals surface area contributed by atoms with Crippen LogP contribution in [-0.4, -0.2) is 31.1 Å². The van der Waals surface area contributed by atoms with Crippen LogP contribution in [0.1, 0.15) is 38.0 Å². The van der Waals surface area contributed by atoms with Crippen molar-refractivity contribution in [1.29, 1.82) is 0 Å². The molecule has 1 saturated heterocycles. The summed E-state index contributed by atoms with van der Waals surface area (Å²) in [6.45, 7) is 6.65.